The van der Waals surface area contributed by atoms with E-state index in [0.717, 1.165) is 60.4 Å². The van der Waals surface area contributed by atoms with Gasteiger partial charge in [0, 0.05) is 81.9 Å². The third-order valence-electron chi connectivity index (χ3n) is 9.09. The Kier molecular flexibility index (Phi) is 9.18. The van der Waals surface area contributed by atoms with E-state index >= 15 is 0 Å². The van der Waals surface area contributed by atoms with Crippen molar-refractivity contribution in [2.75, 3.05) is 18.0 Å². The Hall–Kier alpha value is -3.52. The molecule has 2 bridgehead atoms. The van der Waals surface area contributed by atoms with Gasteiger partial charge in [-0.2, -0.15) is 5.10 Å². The van der Waals surface area contributed by atoms with Crippen molar-refractivity contribution in [3.8, 4) is 0 Å². The Morgan fingerprint density at radius 3 is 2.46 bits per heavy atom. The molecule has 0 saturated carbocycles. The summed E-state index contributed by atoms with van der Waals surface area (Å²) in [5.41, 5.74) is 6.48. The molecule has 1 aromatic carbocycles. The Balaban J connectivity index is 1.49. The highest BCUT2D eigenvalue weighted by atomic mass is 16.2. The van der Waals surface area contributed by atoms with Crippen molar-refractivity contribution in [1.82, 2.24) is 24.6 Å². The molecule has 0 spiro atoms. The summed E-state index contributed by atoms with van der Waals surface area (Å²) < 4.78 is 1.90. The molecule has 1 saturated heterocycles. The number of rotatable bonds is 6. The second-order valence-corrected chi connectivity index (χ2v) is 11.6. The average molecular weight is 557 g/mol. The van der Waals surface area contributed by atoms with Crippen molar-refractivity contribution in [3.05, 3.63) is 76.9 Å². The van der Waals surface area contributed by atoms with E-state index in [1.54, 1.807) is 0 Å². The first-order chi connectivity index (χ1) is 19.9. The van der Waals surface area contributed by atoms with Crippen molar-refractivity contribution in [1.29, 1.82) is 0 Å². The number of amides is 2. The summed E-state index contributed by atoms with van der Waals surface area (Å²) in [7, 11) is 1.96. The minimum Gasteiger partial charge on any atom is -0.337 e. The number of benzene rings is 1. The molecule has 5 rings (SSSR count). The summed E-state index contributed by atoms with van der Waals surface area (Å²) in [4.78, 5) is 38.2. The first-order valence-corrected chi connectivity index (χ1v) is 15.2. The summed E-state index contributed by atoms with van der Waals surface area (Å²) >= 11 is 0. The first-order valence-electron chi connectivity index (χ1n) is 15.2. The molecule has 2 aliphatic rings. The number of aromatic nitrogens is 3. The number of fused-ring (bicyclic) bond motifs is 3. The molecule has 41 heavy (non-hydrogen) atoms. The minimum absolute atomic E-state index is 0.130. The maximum atomic E-state index is 14.0. The number of anilines is 1. The quantitative estimate of drug-likeness (QED) is 0.429. The third kappa shape index (κ3) is 6.53. The van der Waals surface area contributed by atoms with Gasteiger partial charge in [-0.25, -0.2) is 0 Å². The molecule has 2 atom stereocenters. The van der Waals surface area contributed by atoms with Gasteiger partial charge in [0.2, 0.25) is 11.8 Å². The predicted molar refractivity (Wildman–Crippen MR) is 161 cm³/mol. The lowest BCUT2D eigenvalue weighted by Crippen LogP contribution is -2.52. The molecule has 8 heteroatoms. The van der Waals surface area contributed by atoms with Crippen LogP contribution in [0.3, 0.4) is 0 Å². The fourth-order valence-electron chi connectivity index (χ4n) is 6.72. The zero-order valence-electron chi connectivity index (χ0n) is 25.1. The van der Waals surface area contributed by atoms with Crippen LogP contribution in [0.1, 0.15) is 73.5 Å². The van der Waals surface area contributed by atoms with Crippen LogP contribution in [0.5, 0.6) is 0 Å². The number of hydrogen-bond donors (Lipinski definition) is 0. The molecule has 0 aliphatic carbocycles. The largest absolute Gasteiger partial charge is 0.337 e. The van der Waals surface area contributed by atoms with Gasteiger partial charge < -0.3 is 9.80 Å². The highest BCUT2D eigenvalue weighted by Gasteiger charge is 2.34. The molecular formula is C33H44N6O2. The van der Waals surface area contributed by atoms with Gasteiger partial charge in [0.1, 0.15) is 0 Å². The normalized spacial score (nSPS) is 19.9. The average Bonchev–Trinajstić information content (AvgIpc) is 3.22. The van der Waals surface area contributed by atoms with E-state index in [0.29, 0.717) is 44.9 Å². The second kappa shape index (κ2) is 13.0. The lowest BCUT2D eigenvalue weighted by Gasteiger charge is -2.44. The van der Waals surface area contributed by atoms with Gasteiger partial charge in [-0.3, -0.25) is 24.2 Å². The highest BCUT2D eigenvalue weighted by Crippen LogP contribution is 2.32. The predicted octanol–water partition coefficient (Wildman–Crippen LogP) is 4.96. The standard InChI is InChI=1S/C33H44N6O2/c1-5-32(40)38-20-17-28-10-8-11-29(39(28)21-26-15-18-34-19-16-26)23-37(22-27-9-6-7-12-31(27)38)33(41)14-13-30-24(2)35-36(4)25(30)3/h6-7,9,12,15-16,18-19,28-29H,5,8,10-11,13-14,17,20-23H2,1-4H3. The molecule has 0 N–H and O–H groups in total. The summed E-state index contributed by atoms with van der Waals surface area (Å²) in [6.07, 6.45) is 9.49. The van der Waals surface area contributed by atoms with Gasteiger partial charge in [-0.15, -0.1) is 0 Å². The molecule has 2 unspecified atom stereocenters. The van der Waals surface area contributed by atoms with Gasteiger partial charge >= 0.3 is 0 Å². The minimum atomic E-state index is 0.130. The Morgan fingerprint density at radius 1 is 0.976 bits per heavy atom. The molecule has 8 nitrogen and oxygen atoms in total. The van der Waals surface area contributed by atoms with Gasteiger partial charge in [0.25, 0.3) is 0 Å². The molecule has 218 valence electrons. The van der Waals surface area contributed by atoms with Crippen molar-refractivity contribution < 1.29 is 9.59 Å². The number of carbonyl (C=O) groups is 2. The van der Waals surface area contributed by atoms with Crippen molar-refractivity contribution in [2.45, 2.75) is 90.9 Å². The first kappa shape index (κ1) is 29.0. The Morgan fingerprint density at radius 2 is 1.73 bits per heavy atom. The molecule has 2 aliphatic heterocycles. The molecule has 2 amide bonds. The number of nitrogens with zero attached hydrogens (tertiary/aromatic N) is 6. The molecule has 3 aromatic rings. The van der Waals surface area contributed by atoms with Crippen molar-refractivity contribution >= 4 is 17.5 Å². The lowest BCUT2D eigenvalue weighted by atomic mass is 9.92. The van der Waals surface area contributed by atoms with E-state index < -0.39 is 0 Å². The molecule has 2 aromatic heterocycles. The van der Waals surface area contributed by atoms with Crippen LogP contribution in [0.2, 0.25) is 0 Å². The summed E-state index contributed by atoms with van der Waals surface area (Å²) in [6.45, 7) is 8.71. The van der Waals surface area contributed by atoms with Crippen molar-refractivity contribution in [3.63, 3.8) is 0 Å². The summed E-state index contributed by atoms with van der Waals surface area (Å²) in [6, 6.07) is 12.9. The number of hydrogen-bond acceptors (Lipinski definition) is 5. The summed E-state index contributed by atoms with van der Waals surface area (Å²) in [5, 5.41) is 4.56. The van der Waals surface area contributed by atoms with Crippen LogP contribution in [0.15, 0.2) is 48.8 Å². The number of aryl methyl sites for hydroxylation is 2. The number of pyridine rings is 1. The highest BCUT2D eigenvalue weighted by molar-refractivity contribution is 5.94. The van der Waals surface area contributed by atoms with Crippen LogP contribution in [0.4, 0.5) is 5.69 Å². The maximum absolute atomic E-state index is 14.0. The molecule has 0 radical (unpaired) electrons. The van der Waals surface area contributed by atoms with Crippen LogP contribution >= 0.6 is 0 Å². The van der Waals surface area contributed by atoms with E-state index in [1.165, 1.54) is 5.56 Å². The topological polar surface area (TPSA) is 74.6 Å². The lowest BCUT2D eigenvalue weighted by molar-refractivity contribution is -0.133. The Bertz CT molecular complexity index is 1350. The summed E-state index contributed by atoms with van der Waals surface area (Å²) in [5.74, 6) is 0.284. The van der Waals surface area contributed by atoms with Gasteiger partial charge in [0.05, 0.1) is 5.69 Å². The van der Waals surface area contributed by atoms with Crippen LogP contribution in [0, 0.1) is 13.8 Å². The maximum Gasteiger partial charge on any atom is 0.226 e. The second-order valence-electron chi connectivity index (χ2n) is 11.6. The zero-order valence-corrected chi connectivity index (χ0v) is 25.1. The van der Waals surface area contributed by atoms with Gasteiger partial charge in [0.15, 0.2) is 0 Å². The monoisotopic (exact) mass is 556 g/mol. The van der Waals surface area contributed by atoms with E-state index in [9.17, 15) is 9.59 Å². The van der Waals surface area contributed by atoms with Gasteiger partial charge in [-0.1, -0.05) is 31.5 Å². The van der Waals surface area contributed by atoms with E-state index in [1.807, 2.05) is 61.1 Å². The number of piperidine rings is 1. The number of para-hydroxylation sites is 1. The van der Waals surface area contributed by atoms with Crippen LogP contribution < -0.4 is 4.90 Å². The molecular weight excluding hydrogens is 512 g/mol. The molecule has 4 heterocycles. The van der Waals surface area contributed by atoms with E-state index in [4.69, 9.17) is 0 Å². The zero-order chi connectivity index (χ0) is 28.9. The van der Waals surface area contributed by atoms with Gasteiger partial charge in [-0.05, 0) is 74.4 Å². The van der Waals surface area contributed by atoms with Crippen LogP contribution in [0.25, 0.3) is 0 Å². The Labute approximate surface area is 244 Å². The fraction of sp³-hybridized carbons (Fsp3) is 0.515. The van der Waals surface area contributed by atoms with Crippen molar-refractivity contribution in [2.24, 2.45) is 7.05 Å². The molecule has 1 fully saturated rings. The fourth-order valence-corrected chi connectivity index (χ4v) is 6.72. The van der Waals surface area contributed by atoms with Crippen LogP contribution in [-0.4, -0.2) is 61.6 Å². The van der Waals surface area contributed by atoms with E-state index in [2.05, 4.69) is 45.0 Å². The number of carbonyl (C=O) groups excluding carboxylic acids is 2. The van der Waals surface area contributed by atoms with Crippen LogP contribution in [-0.2, 0) is 36.1 Å². The van der Waals surface area contributed by atoms with E-state index in [-0.39, 0.29) is 17.9 Å². The SMILES string of the molecule is CCC(=O)N1CCC2CCCC(CN(C(=O)CCc3c(C)nn(C)c3C)Cc3ccccc31)N2Cc1ccncc1. The third-order valence-corrected chi connectivity index (χ3v) is 9.09. The smallest absolute Gasteiger partial charge is 0.226 e.